The van der Waals surface area contributed by atoms with Gasteiger partial charge in [-0.15, -0.1) is 10.2 Å². The Labute approximate surface area is 162 Å². The standard InChI is InChI=1S/C18H25N5O3S/c1-3-5-9-15-21-22-18(23(15)19)27-12-16(24)20-14-8-6-7-13(11-14)17(25)26-10-4-2/h6-8,11H,3-5,9-10,12,19H2,1-2H3,(H,20,24). The van der Waals surface area contributed by atoms with E-state index < -0.39 is 5.97 Å². The predicted octanol–water partition coefficient (Wildman–Crippen LogP) is 2.63. The van der Waals surface area contributed by atoms with Gasteiger partial charge in [-0.1, -0.05) is 38.1 Å². The molecular formula is C18H25N5O3S. The zero-order valence-corrected chi connectivity index (χ0v) is 16.4. The van der Waals surface area contributed by atoms with Gasteiger partial charge in [0, 0.05) is 12.1 Å². The van der Waals surface area contributed by atoms with Crippen molar-refractivity contribution in [3.8, 4) is 0 Å². The van der Waals surface area contributed by atoms with Gasteiger partial charge in [-0.25, -0.2) is 9.47 Å². The Hall–Kier alpha value is -2.55. The first kappa shape index (κ1) is 20.8. The molecule has 2 aromatic rings. The van der Waals surface area contributed by atoms with Crippen molar-refractivity contribution >= 4 is 29.3 Å². The molecule has 0 fully saturated rings. The van der Waals surface area contributed by atoms with Gasteiger partial charge in [-0.3, -0.25) is 4.79 Å². The Kier molecular flexibility index (Phi) is 8.12. The second kappa shape index (κ2) is 10.6. The summed E-state index contributed by atoms with van der Waals surface area (Å²) in [6, 6.07) is 6.65. The minimum absolute atomic E-state index is 0.133. The maximum atomic E-state index is 12.2. The van der Waals surface area contributed by atoms with Crippen LogP contribution in [0.5, 0.6) is 0 Å². The van der Waals surface area contributed by atoms with E-state index in [4.69, 9.17) is 10.6 Å². The molecule has 0 spiro atoms. The van der Waals surface area contributed by atoms with E-state index in [-0.39, 0.29) is 11.7 Å². The minimum Gasteiger partial charge on any atom is -0.462 e. The molecule has 9 heteroatoms. The summed E-state index contributed by atoms with van der Waals surface area (Å²) in [5, 5.41) is 11.3. The minimum atomic E-state index is -0.404. The number of amides is 1. The first-order valence-electron chi connectivity index (χ1n) is 8.94. The van der Waals surface area contributed by atoms with Gasteiger partial charge in [0.05, 0.1) is 17.9 Å². The maximum absolute atomic E-state index is 12.2. The lowest BCUT2D eigenvalue weighted by Gasteiger charge is -2.07. The fraction of sp³-hybridized carbons (Fsp3) is 0.444. The molecule has 0 aliphatic heterocycles. The fourth-order valence-electron chi connectivity index (χ4n) is 2.24. The molecule has 1 aromatic carbocycles. The van der Waals surface area contributed by atoms with Crippen LogP contribution < -0.4 is 11.2 Å². The quantitative estimate of drug-likeness (QED) is 0.364. The van der Waals surface area contributed by atoms with Crippen molar-refractivity contribution in [2.45, 2.75) is 44.7 Å². The van der Waals surface area contributed by atoms with Crippen molar-refractivity contribution in [3.63, 3.8) is 0 Å². The smallest absolute Gasteiger partial charge is 0.338 e. The predicted molar refractivity (Wildman–Crippen MR) is 105 cm³/mol. The number of nitrogens with zero attached hydrogens (tertiary/aromatic N) is 3. The lowest BCUT2D eigenvalue weighted by Crippen LogP contribution is -2.17. The summed E-state index contributed by atoms with van der Waals surface area (Å²) >= 11 is 1.21. The molecule has 2 rings (SSSR count). The Morgan fingerprint density at radius 3 is 2.81 bits per heavy atom. The summed E-state index contributed by atoms with van der Waals surface area (Å²) in [6.45, 7) is 4.39. The number of carbonyl (C=O) groups is 2. The Morgan fingerprint density at radius 2 is 2.07 bits per heavy atom. The van der Waals surface area contributed by atoms with Crippen molar-refractivity contribution in [3.05, 3.63) is 35.7 Å². The van der Waals surface area contributed by atoms with E-state index in [0.717, 1.165) is 25.7 Å². The van der Waals surface area contributed by atoms with Crippen LogP contribution in [0.15, 0.2) is 29.4 Å². The Morgan fingerprint density at radius 1 is 1.26 bits per heavy atom. The lowest BCUT2D eigenvalue weighted by atomic mass is 10.2. The van der Waals surface area contributed by atoms with Gasteiger partial charge in [0.25, 0.3) is 0 Å². The third kappa shape index (κ3) is 6.28. The molecule has 146 valence electrons. The first-order valence-corrected chi connectivity index (χ1v) is 9.92. The van der Waals surface area contributed by atoms with Gasteiger partial charge >= 0.3 is 5.97 Å². The van der Waals surface area contributed by atoms with Crippen LogP contribution in [0, 0.1) is 0 Å². The van der Waals surface area contributed by atoms with Gasteiger partial charge in [-0.2, -0.15) is 0 Å². The summed E-state index contributed by atoms with van der Waals surface area (Å²) < 4.78 is 6.53. The van der Waals surface area contributed by atoms with Crippen molar-refractivity contribution in [1.82, 2.24) is 14.9 Å². The second-order valence-corrected chi connectivity index (χ2v) is 6.87. The van der Waals surface area contributed by atoms with E-state index in [9.17, 15) is 9.59 Å². The number of hydrogen-bond donors (Lipinski definition) is 2. The number of aromatic nitrogens is 3. The van der Waals surface area contributed by atoms with Gasteiger partial charge in [-0.05, 0) is 31.0 Å². The van der Waals surface area contributed by atoms with Crippen LogP contribution in [0.25, 0.3) is 0 Å². The number of unbranched alkanes of at least 4 members (excludes halogenated alkanes) is 1. The number of ether oxygens (including phenoxy) is 1. The summed E-state index contributed by atoms with van der Waals surface area (Å²) in [5.74, 6) is 6.17. The highest BCUT2D eigenvalue weighted by molar-refractivity contribution is 7.99. The van der Waals surface area contributed by atoms with Gasteiger partial charge in [0.1, 0.15) is 0 Å². The molecular weight excluding hydrogens is 366 g/mol. The molecule has 0 aliphatic rings. The van der Waals surface area contributed by atoms with Crippen LogP contribution in [-0.4, -0.2) is 39.1 Å². The van der Waals surface area contributed by atoms with Crippen molar-refractivity contribution < 1.29 is 14.3 Å². The highest BCUT2D eigenvalue weighted by Gasteiger charge is 2.13. The third-order valence-electron chi connectivity index (χ3n) is 3.64. The van der Waals surface area contributed by atoms with Crippen molar-refractivity contribution in [2.24, 2.45) is 0 Å². The maximum Gasteiger partial charge on any atom is 0.338 e. The number of nitrogens with one attached hydrogen (secondary N) is 1. The van der Waals surface area contributed by atoms with E-state index in [1.54, 1.807) is 24.3 Å². The fourth-order valence-corrected chi connectivity index (χ4v) is 2.92. The summed E-state index contributed by atoms with van der Waals surface area (Å²) in [6.07, 6.45) is 3.54. The number of nitrogens with two attached hydrogens (primary N) is 1. The van der Waals surface area contributed by atoms with Crippen LogP contribution in [0.2, 0.25) is 0 Å². The number of esters is 1. The van der Waals surface area contributed by atoms with Crippen molar-refractivity contribution in [1.29, 1.82) is 0 Å². The van der Waals surface area contributed by atoms with Crippen LogP contribution in [0.3, 0.4) is 0 Å². The van der Waals surface area contributed by atoms with E-state index >= 15 is 0 Å². The molecule has 0 bridgehead atoms. The average molecular weight is 391 g/mol. The molecule has 0 saturated carbocycles. The molecule has 0 saturated heterocycles. The second-order valence-electron chi connectivity index (χ2n) is 5.93. The summed E-state index contributed by atoms with van der Waals surface area (Å²) in [4.78, 5) is 24.1. The monoisotopic (exact) mass is 391 g/mol. The molecule has 1 heterocycles. The lowest BCUT2D eigenvalue weighted by molar-refractivity contribution is -0.113. The zero-order chi connectivity index (χ0) is 19.6. The van der Waals surface area contributed by atoms with Crippen molar-refractivity contribution in [2.75, 3.05) is 23.5 Å². The highest BCUT2D eigenvalue weighted by atomic mass is 32.2. The first-order chi connectivity index (χ1) is 13.0. The van der Waals surface area contributed by atoms with Gasteiger partial charge in [0.2, 0.25) is 11.1 Å². The van der Waals surface area contributed by atoms with Crippen LogP contribution >= 0.6 is 11.8 Å². The van der Waals surface area contributed by atoms with Gasteiger partial charge < -0.3 is 15.9 Å². The molecule has 0 unspecified atom stereocenters. The number of carbonyl (C=O) groups excluding carboxylic acids is 2. The zero-order valence-electron chi connectivity index (χ0n) is 15.6. The Bertz CT molecular complexity index is 778. The van der Waals surface area contributed by atoms with Crippen LogP contribution in [-0.2, 0) is 16.0 Å². The molecule has 0 radical (unpaired) electrons. The van der Waals surface area contributed by atoms with Crippen LogP contribution in [0.4, 0.5) is 5.69 Å². The van der Waals surface area contributed by atoms with E-state index in [0.29, 0.717) is 28.8 Å². The SMILES string of the molecule is CCCCc1nnc(SCC(=O)Nc2cccc(C(=O)OCCC)c2)n1N. The summed E-state index contributed by atoms with van der Waals surface area (Å²) in [5.41, 5.74) is 0.931. The molecule has 1 aromatic heterocycles. The van der Waals surface area contributed by atoms with E-state index in [2.05, 4.69) is 22.4 Å². The average Bonchev–Trinajstić information content (AvgIpc) is 3.02. The Balaban J connectivity index is 1.89. The molecule has 0 atom stereocenters. The van der Waals surface area contributed by atoms with Gasteiger partial charge in [0.15, 0.2) is 5.82 Å². The number of nitrogen functional groups attached to an aromatic ring is 1. The third-order valence-corrected chi connectivity index (χ3v) is 4.58. The normalized spacial score (nSPS) is 10.6. The largest absolute Gasteiger partial charge is 0.462 e. The molecule has 27 heavy (non-hydrogen) atoms. The number of anilines is 1. The summed E-state index contributed by atoms with van der Waals surface area (Å²) in [7, 11) is 0. The number of hydrogen-bond acceptors (Lipinski definition) is 7. The molecule has 0 aliphatic carbocycles. The number of benzene rings is 1. The molecule has 3 N–H and O–H groups in total. The molecule has 1 amide bonds. The molecule has 8 nitrogen and oxygen atoms in total. The van der Waals surface area contributed by atoms with Crippen LogP contribution in [0.1, 0.15) is 49.3 Å². The number of rotatable bonds is 10. The topological polar surface area (TPSA) is 112 Å². The number of thioether (sulfide) groups is 1. The van der Waals surface area contributed by atoms with E-state index in [1.807, 2.05) is 6.92 Å². The number of aryl methyl sites for hydroxylation is 1. The highest BCUT2D eigenvalue weighted by Crippen LogP contribution is 2.17. The van der Waals surface area contributed by atoms with E-state index in [1.165, 1.54) is 16.4 Å².